The van der Waals surface area contributed by atoms with Crippen LogP contribution in [0.1, 0.15) is 24.2 Å². The fraction of sp³-hybridized carbons (Fsp3) is 0.150. The molecule has 1 aliphatic heterocycles. The molecule has 1 aromatic heterocycles. The molecule has 2 amide bonds. The molecule has 126 valence electrons. The van der Waals surface area contributed by atoms with Crippen molar-refractivity contribution in [2.24, 2.45) is 0 Å². The Bertz CT molecular complexity index is 934. The maximum Gasteiger partial charge on any atom is 0.322 e. The maximum atomic E-state index is 13.0. The Morgan fingerprint density at radius 1 is 1.08 bits per heavy atom. The molecule has 1 unspecified atom stereocenters. The van der Waals surface area contributed by atoms with Crippen molar-refractivity contribution in [3.05, 3.63) is 83.1 Å². The SMILES string of the molecule is CC1c2cccn2-c2ccccc2CN1C(=O)Nc1ccccc1Cl. The number of carbonyl (C=O) groups excluding carboxylic acids is 1. The van der Waals surface area contributed by atoms with E-state index in [1.54, 1.807) is 12.1 Å². The molecule has 0 aliphatic carbocycles. The Morgan fingerprint density at radius 2 is 1.84 bits per heavy atom. The summed E-state index contributed by atoms with van der Waals surface area (Å²) in [5.74, 6) is 0. The molecule has 5 heteroatoms. The van der Waals surface area contributed by atoms with Crippen molar-refractivity contribution in [1.29, 1.82) is 0 Å². The molecule has 0 radical (unpaired) electrons. The van der Waals surface area contributed by atoms with Gasteiger partial charge >= 0.3 is 6.03 Å². The summed E-state index contributed by atoms with van der Waals surface area (Å²) in [7, 11) is 0. The first-order valence-corrected chi connectivity index (χ1v) is 8.60. The van der Waals surface area contributed by atoms with Crippen LogP contribution < -0.4 is 5.32 Å². The van der Waals surface area contributed by atoms with Gasteiger partial charge in [0.1, 0.15) is 0 Å². The smallest absolute Gasteiger partial charge is 0.318 e. The van der Waals surface area contributed by atoms with Crippen LogP contribution in [-0.4, -0.2) is 15.5 Å². The van der Waals surface area contributed by atoms with Gasteiger partial charge in [-0.05, 0) is 42.8 Å². The van der Waals surface area contributed by atoms with Gasteiger partial charge in [0, 0.05) is 11.9 Å². The highest BCUT2D eigenvalue weighted by molar-refractivity contribution is 6.33. The predicted octanol–water partition coefficient (Wildman–Crippen LogP) is 5.24. The summed E-state index contributed by atoms with van der Waals surface area (Å²) in [6, 6.07) is 19.3. The number of hydrogen-bond acceptors (Lipinski definition) is 1. The molecule has 1 atom stereocenters. The van der Waals surface area contributed by atoms with Crippen LogP contribution >= 0.6 is 11.6 Å². The quantitative estimate of drug-likeness (QED) is 0.639. The molecule has 0 fully saturated rings. The van der Waals surface area contributed by atoms with Crippen molar-refractivity contribution < 1.29 is 4.79 Å². The minimum Gasteiger partial charge on any atom is -0.318 e. The van der Waals surface area contributed by atoms with E-state index in [1.807, 2.05) is 48.4 Å². The molecule has 3 aromatic rings. The van der Waals surface area contributed by atoms with E-state index >= 15 is 0 Å². The van der Waals surface area contributed by atoms with Gasteiger partial charge in [-0.25, -0.2) is 4.79 Å². The highest BCUT2D eigenvalue weighted by Crippen LogP contribution is 2.32. The third-order valence-electron chi connectivity index (χ3n) is 4.64. The standard InChI is InChI=1S/C20H18ClN3O/c1-14-18-11-6-12-23(18)19-10-5-2-7-15(19)13-24(14)20(25)22-17-9-4-3-8-16(17)21/h2-12,14H,13H2,1H3,(H,22,25). The summed E-state index contributed by atoms with van der Waals surface area (Å²) in [5.41, 5.74) is 3.93. The van der Waals surface area contributed by atoms with Gasteiger partial charge in [-0.1, -0.05) is 41.9 Å². The lowest BCUT2D eigenvalue weighted by Gasteiger charge is -2.28. The number of rotatable bonds is 1. The van der Waals surface area contributed by atoms with Crippen LogP contribution in [0, 0.1) is 0 Å². The topological polar surface area (TPSA) is 37.3 Å². The second-order valence-electron chi connectivity index (χ2n) is 6.15. The number of benzene rings is 2. The van der Waals surface area contributed by atoms with E-state index in [0.29, 0.717) is 17.3 Å². The molecule has 2 heterocycles. The van der Waals surface area contributed by atoms with Crippen molar-refractivity contribution in [3.63, 3.8) is 0 Å². The highest BCUT2D eigenvalue weighted by Gasteiger charge is 2.28. The van der Waals surface area contributed by atoms with E-state index in [1.165, 1.54) is 0 Å². The normalized spacial score (nSPS) is 15.9. The molecule has 2 aromatic carbocycles. The van der Waals surface area contributed by atoms with E-state index in [0.717, 1.165) is 16.9 Å². The van der Waals surface area contributed by atoms with E-state index in [4.69, 9.17) is 11.6 Å². The van der Waals surface area contributed by atoms with E-state index < -0.39 is 0 Å². The minimum absolute atomic E-state index is 0.0649. The van der Waals surface area contributed by atoms with Crippen LogP contribution in [0.2, 0.25) is 5.02 Å². The van der Waals surface area contributed by atoms with Crippen LogP contribution in [-0.2, 0) is 6.54 Å². The molecule has 25 heavy (non-hydrogen) atoms. The van der Waals surface area contributed by atoms with Crippen molar-refractivity contribution >= 4 is 23.3 Å². The van der Waals surface area contributed by atoms with Crippen LogP contribution in [0.25, 0.3) is 5.69 Å². The van der Waals surface area contributed by atoms with Gasteiger partial charge < -0.3 is 14.8 Å². The average Bonchev–Trinajstić information content (AvgIpc) is 3.07. The maximum absolute atomic E-state index is 13.0. The van der Waals surface area contributed by atoms with Gasteiger partial charge in [-0.2, -0.15) is 0 Å². The van der Waals surface area contributed by atoms with Gasteiger partial charge in [0.25, 0.3) is 0 Å². The number of nitrogens with zero attached hydrogens (tertiary/aromatic N) is 2. The predicted molar refractivity (Wildman–Crippen MR) is 100 cm³/mol. The van der Waals surface area contributed by atoms with Crippen molar-refractivity contribution in [3.8, 4) is 5.69 Å². The highest BCUT2D eigenvalue weighted by atomic mass is 35.5. The second-order valence-corrected chi connectivity index (χ2v) is 6.55. The number of anilines is 1. The first-order chi connectivity index (χ1) is 12.1. The average molecular weight is 352 g/mol. The summed E-state index contributed by atoms with van der Waals surface area (Å²) in [5, 5.41) is 3.47. The van der Waals surface area contributed by atoms with E-state index in [-0.39, 0.29) is 12.1 Å². The van der Waals surface area contributed by atoms with Crippen LogP contribution in [0.3, 0.4) is 0 Å². The molecule has 1 N–H and O–H groups in total. The number of halogens is 1. The number of nitrogens with one attached hydrogen (secondary N) is 1. The van der Waals surface area contributed by atoms with E-state index in [2.05, 4.69) is 28.1 Å². The molecule has 0 spiro atoms. The lowest BCUT2D eigenvalue weighted by Crippen LogP contribution is -2.36. The Hall–Kier alpha value is -2.72. The van der Waals surface area contributed by atoms with Gasteiger partial charge in [0.15, 0.2) is 0 Å². The molecule has 1 aliphatic rings. The zero-order valence-electron chi connectivity index (χ0n) is 13.8. The van der Waals surface area contributed by atoms with Crippen LogP contribution in [0.4, 0.5) is 10.5 Å². The lowest BCUT2D eigenvalue weighted by molar-refractivity contribution is 0.189. The monoisotopic (exact) mass is 351 g/mol. The molecule has 0 bridgehead atoms. The Balaban J connectivity index is 1.71. The Labute approximate surface area is 151 Å². The number of para-hydroxylation sites is 2. The van der Waals surface area contributed by atoms with Crippen LogP contribution in [0.5, 0.6) is 0 Å². The molecule has 0 saturated carbocycles. The van der Waals surface area contributed by atoms with Gasteiger partial charge in [-0.15, -0.1) is 0 Å². The Kier molecular flexibility index (Phi) is 3.98. The van der Waals surface area contributed by atoms with Crippen molar-refractivity contribution in [2.45, 2.75) is 19.5 Å². The summed E-state index contributed by atoms with van der Waals surface area (Å²) < 4.78 is 2.16. The fourth-order valence-corrected chi connectivity index (χ4v) is 3.49. The number of amides is 2. The number of urea groups is 1. The number of aromatic nitrogens is 1. The zero-order chi connectivity index (χ0) is 17.4. The van der Waals surface area contributed by atoms with Gasteiger partial charge in [0.2, 0.25) is 0 Å². The summed E-state index contributed by atoms with van der Waals surface area (Å²) in [4.78, 5) is 14.8. The number of fused-ring (bicyclic) bond motifs is 3. The minimum atomic E-state index is -0.162. The molecule has 0 saturated heterocycles. The van der Waals surface area contributed by atoms with Crippen LogP contribution in [0.15, 0.2) is 66.9 Å². The number of hydrogen-bond donors (Lipinski definition) is 1. The van der Waals surface area contributed by atoms with Gasteiger partial charge in [0.05, 0.1) is 29.0 Å². The molecular formula is C20H18ClN3O. The van der Waals surface area contributed by atoms with Crippen molar-refractivity contribution in [2.75, 3.05) is 5.32 Å². The van der Waals surface area contributed by atoms with E-state index in [9.17, 15) is 4.79 Å². The largest absolute Gasteiger partial charge is 0.322 e. The molecular weight excluding hydrogens is 334 g/mol. The first-order valence-electron chi connectivity index (χ1n) is 8.23. The first kappa shape index (κ1) is 15.8. The fourth-order valence-electron chi connectivity index (χ4n) is 3.31. The molecule has 4 nitrogen and oxygen atoms in total. The third kappa shape index (κ3) is 2.79. The third-order valence-corrected chi connectivity index (χ3v) is 4.97. The lowest BCUT2D eigenvalue weighted by atomic mass is 10.1. The molecule has 4 rings (SSSR count). The zero-order valence-corrected chi connectivity index (χ0v) is 14.6. The van der Waals surface area contributed by atoms with Crippen molar-refractivity contribution in [1.82, 2.24) is 9.47 Å². The second kappa shape index (κ2) is 6.30. The number of carbonyl (C=O) groups is 1. The Morgan fingerprint density at radius 3 is 2.68 bits per heavy atom. The summed E-state index contributed by atoms with van der Waals surface area (Å²) in [6.07, 6.45) is 2.04. The summed E-state index contributed by atoms with van der Waals surface area (Å²) >= 11 is 6.18. The van der Waals surface area contributed by atoms with Gasteiger partial charge in [-0.3, -0.25) is 0 Å². The summed E-state index contributed by atoms with van der Waals surface area (Å²) in [6.45, 7) is 2.58.